The van der Waals surface area contributed by atoms with Crippen LogP contribution in [0, 0.1) is 5.92 Å². The predicted octanol–water partition coefficient (Wildman–Crippen LogP) is 0.179. The molecule has 0 amide bonds. The number of hydrogen-bond donors (Lipinski definition) is 0. The van der Waals surface area contributed by atoms with Crippen LogP contribution >= 0.6 is 0 Å². The maximum absolute atomic E-state index is 2.52. The third kappa shape index (κ3) is 4.59. The topological polar surface area (TPSA) is 0 Å². The summed E-state index contributed by atoms with van der Waals surface area (Å²) in [6.45, 7) is 12.2. The minimum atomic E-state index is -0.375. The maximum atomic E-state index is 2.52. The molecule has 25 heavy (non-hydrogen) atoms. The van der Waals surface area contributed by atoms with Crippen molar-refractivity contribution < 1.29 is 47.2 Å². The molecule has 131 valence electrons. The second kappa shape index (κ2) is 9.70. The van der Waals surface area contributed by atoms with Crippen LogP contribution in [-0.4, -0.2) is 5.92 Å². The van der Waals surface area contributed by atoms with Crippen molar-refractivity contribution >= 4 is 11.5 Å². The van der Waals surface area contributed by atoms with Crippen molar-refractivity contribution in [2.24, 2.45) is 5.92 Å². The van der Waals surface area contributed by atoms with Crippen LogP contribution in [0.2, 0.25) is 13.1 Å². The average Bonchev–Trinajstić information content (AvgIpc) is 2.80. The Kier molecular flexibility index (Phi) is 8.88. The van der Waals surface area contributed by atoms with Crippen molar-refractivity contribution in [2.45, 2.75) is 37.5 Å². The van der Waals surface area contributed by atoms with E-state index in [1.165, 1.54) is 11.1 Å². The summed E-state index contributed by atoms with van der Waals surface area (Å²) in [4.78, 5) is 0. The van der Waals surface area contributed by atoms with E-state index in [2.05, 4.69) is 82.4 Å². The number of hydrogen-bond acceptors (Lipinski definition) is 0. The normalized spacial score (nSPS) is 15.6. The third-order valence-electron chi connectivity index (χ3n) is 4.67. The van der Waals surface area contributed by atoms with Gasteiger partial charge in [-0.3, -0.25) is 0 Å². The van der Waals surface area contributed by atoms with Crippen LogP contribution in [0.25, 0.3) is 16.7 Å². The molecule has 0 spiro atoms. The molecule has 2 aromatic rings. The van der Waals surface area contributed by atoms with Gasteiger partial charge in [-0.1, -0.05) is 0 Å². The molecule has 0 bridgehead atoms. The smallest absolute Gasteiger partial charge is 1.00 e. The Balaban J connectivity index is 0.00000156. The van der Waals surface area contributed by atoms with Crippen LogP contribution < -0.4 is 24.8 Å². The molecule has 1 aliphatic rings. The zero-order valence-corrected chi connectivity index (χ0v) is 20.5. The van der Waals surface area contributed by atoms with E-state index in [1.54, 1.807) is 22.3 Å². The van der Waals surface area contributed by atoms with Gasteiger partial charge in [0.25, 0.3) is 0 Å². The van der Waals surface area contributed by atoms with Gasteiger partial charge >= 0.3 is 154 Å². The third-order valence-corrected chi connectivity index (χ3v) is 13.4. The van der Waals surface area contributed by atoms with Crippen LogP contribution in [0.3, 0.4) is 0 Å². The molecule has 1 unspecified atom stereocenters. The van der Waals surface area contributed by atoms with Gasteiger partial charge in [0.2, 0.25) is 0 Å². The summed E-state index contributed by atoms with van der Waals surface area (Å²) in [5.74, 6) is 0.576. The van der Waals surface area contributed by atoms with E-state index < -0.39 is 0 Å². The molecule has 0 nitrogen and oxygen atoms in total. The number of allylic oxidation sites excluding steroid dienone is 2. The first-order chi connectivity index (χ1) is 11.0. The molecule has 0 fully saturated rings. The van der Waals surface area contributed by atoms with Gasteiger partial charge in [-0.15, -0.1) is 0 Å². The van der Waals surface area contributed by atoms with Crippen LogP contribution in [-0.2, 0) is 22.4 Å². The molecule has 0 saturated heterocycles. The first-order valence-electron chi connectivity index (χ1n) is 8.46. The van der Waals surface area contributed by atoms with Crippen LogP contribution in [0.1, 0.15) is 35.5 Å². The fraction of sp³-hybridized carbons (Fsp3) is 0.333. The van der Waals surface area contributed by atoms with Gasteiger partial charge in [0.1, 0.15) is 0 Å². The summed E-state index contributed by atoms with van der Waals surface area (Å²) >= 11 is -0.375. The van der Waals surface area contributed by atoms with Gasteiger partial charge < -0.3 is 24.8 Å². The quantitative estimate of drug-likeness (QED) is 0.563. The second-order valence-electron chi connectivity index (χ2n) is 6.95. The van der Waals surface area contributed by atoms with Gasteiger partial charge in [0, 0.05) is 0 Å². The summed E-state index contributed by atoms with van der Waals surface area (Å²) in [5.41, 5.74) is 9.31. The standard InChI is InChI=1S/C19H19.C2H6Si.2ClH.Zr/c1-13(2)18-12-16-10-7-11-17(19(16)14(18)3)15-8-5-4-6-9-15;1-3-2;;;/h4-13H,1-3H3;1-2H3;2*1H;/q;;;;+2/p-2. The molecule has 0 aliphatic heterocycles. The van der Waals surface area contributed by atoms with Crippen LogP contribution in [0.5, 0.6) is 0 Å². The Bertz CT molecular complexity index is 739. The molecule has 3 rings (SSSR count). The summed E-state index contributed by atoms with van der Waals surface area (Å²) in [7, 11) is 0. The summed E-state index contributed by atoms with van der Waals surface area (Å²) < 4.78 is 0.807. The Labute approximate surface area is 177 Å². The van der Waals surface area contributed by atoms with Crippen molar-refractivity contribution in [2.75, 3.05) is 0 Å². The van der Waals surface area contributed by atoms with Gasteiger partial charge in [-0.2, -0.15) is 0 Å². The van der Waals surface area contributed by atoms with Crippen LogP contribution in [0.4, 0.5) is 0 Å². The SMILES string of the molecule is CC1=C(C(C)C)[CH]([Zr+2][Si](C)C)c2cccc(-c3ccccc3)c21.[Cl-].[Cl-]. The minimum absolute atomic E-state index is 0. The van der Waals surface area contributed by atoms with E-state index in [1.807, 2.05) is 0 Å². The number of fused-ring (bicyclic) bond motifs is 1. The molecule has 0 N–H and O–H groups in total. The van der Waals surface area contributed by atoms with E-state index >= 15 is 0 Å². The van der Waals surface area contributed by atoms with E-state index in [0.717, 1.165) is 3.63 Å². The Hall–Kier alpha value is -0.140. The number of halogens is 2. The monoisotopic (exact) mass is 465 g/mol. The van der Waals surface area contributed by atoms with Crippen molar-refractivity contribution in [3.8, 4) is 11.1 Å². The molecule has 0 saturated carbocycles. The zero-order valence-electron chi connectivity index (χ0n) is 15.5. The Morgan fingerprint density at radius 2 is 1.56 bits per heavy atom. The molecular weight excluding hydrogens is 442 g/mol. The van der Waals surface area contributed by atoms with Crippen molar-refractivity contribution in [3.63, 3.8) is 0 Å². The van der Waals surface area contributed by atoms with E-state index in [9.17, 15) is 0 Å². The van der Waals surface area contributed by atoms with Gasteiger partial charge in [0.05, 0.1) is 0 Å². The predicted molar refractivity (Wildman–Crippen MR) is 99.5 cm³/mol. The molecule has 0 aromatic heterocycles. The summed E-state index contributed by atoms with van der Waals surface area (Å²) in [6.07, 6.45) is 0. The number of benzene rings is 2. The molecule has 1 radical (unpaired) electrons. The molecular formula is C21H25Cl2SiZr. The largest absolute Gasteiger partial charge is 1.00 e. The first-order valence-corrected chi connectivity index (χ1v) is 16.1. The first kappa shape index (κ1) is 22.9. The molecule has 1 atom stereocenters. The van der Waals surface area contributed by atoms with Crippen molar-refractivity contribution in [1.29, 1.82) is 0 Å². The van der Waals surface area contributed by atoms with E-state index in [-0.39, 0.29) is 53.1 Å². The minimum Gasteiger partial charge on any atom is -1.00 e. The van der Waals surface area contributed by atoms with Gasteiger partial charge in [0.15, 0.2) is 0 Å². The Morgan fingerprint density at radius 1 is 0.920 bits per heavy atom. The zero-order chi connectivity index (χ0) is 16.6. The number of rotatable bonds is 4. The van der Waals surface area contributed by atoms with E-state index in [4.69, 9.17) is 0 Å². The van der Waals surface area contributed by atoms with E-state index in [0.29, 0.717) is 5.92 Å². The van der Waals surface area contributed by atoms with Crippen molar-refractivity contribution in [1.82, 2.24) is 0 Å². The second-order valence-corrected chi connectivity index (χ2v) is 20.2. The fourth-order valence-corrected chi connectivity index (χ4v) is 13.2. The fourth-order valence-electron chi connectivity index (χ4n) is 3.83. The molecule has 1 aliphatic carbocycles. The average molecular weight is 468 g/mol. The molecule has 0 heterocycles. The van der Waals surface area contributed by atoms with Crippen molar-refractivity contribution in [3.05, 3.63) is 65.2 Å². The summed E-state index contributed by atoms with van der Waals surface area (Å²) in [5, 5.41) is 0. The van der Waals surface area contributed by atoms with Gasteiger partial charge in [-0.05, 0) is 0 Å². The maximum Gasteiger partial charge on any atom is -1.00 e. The van der Waals surface area contributed by atoms with Crippen LogP contribution in [0.15, 0.2) is 54.1 Å². The molecule has 2 aromatic carbocycles. The Morgan fingerprint density at radius 3 is 2.12 bits per heavy atom. The molecule has 4 heteroatoms. The van der Waals surface area contributed by atoms with Gasteiger partial charge in [-0.25, -0.2) is 0 Å². The summed E-state index contributed by atoms with van der Waals surface area (Å²) in [6, 6.07) is 17.9.